The molecule has 2 aromatic rings. The summed E-state index contributed by atoms with van der Waals surface area (Å²) in [6, 6.07) is 15.0. The van der Waals surface area contributed by atoms with Crippen LogP contribution < -0.4 is 0 Å². The maximum Gasteiger partial charge on any atom is 0.303 e. The van der Waals surface area contributed by atoms with Crippen molar-refractivity contribution in [3.05, 3.63) is 63.9 Å². The molecule has 122 valence electrons. The van der Waals surface area contributed by atoms with Crippen LogP contribution in [-0.4, -0.2) is 11.1 Å². The normalized spacial score (nSPS) is 11.1. The van der Waals surface area contributed by atoms with Gasteiger partial charge in [0.15, 0.2) is 0 Å². The molecule has 0 saturated carbocycles. The van der Waals surface area contributed by atoms with E-state index in [4.69, 9.17) is 5.11 Å². The molecule has 0 unspecified atom stereocenters. The van der Waals surface area contributed by atoms with Gasteiger partial charge in [-0.25, -0.2) is 0 Å². The van der Waals surface area contributed by atoms with Gasteiger partial charge in [0.05, 0.1) is 0 Å². The maximum absolute atomic E-state index is 10.4. The third kappa shape index (κ3) is 7.29. The first-order chi connectivity index (χ1) is 11.2. The lowest BCUT2D eigenvalue weighted by Gasteiger charge is -2.00. The van der Waals surface area contributed by atoms with Crippen LogP contribution in [0.5, 0.6) is 0 Å². The predicted molar refractivity (Wildman–Crippen MR) is 97.9 cm³/mol. The highest BCUT2D eigenvalue weighted by Crippen LogP contribution is 2.20. The Morgan fingerprint density at radius 2 is 1.78 bits per heavy atom. The topological polar surface area (TPSA) is 37.3 Å². The molecule has 1 aromatic carbocycles. The van der Waals surface area contributed by atoms with E-state index in [9.17, 15) is 4.79 Å². The van der Waals surface area contributed by atoms with Crippen molar-refractivity contribution in [1.29, 1.82) is 0 Å². The second-order valence-corrected chi connectivity index (χ2v) is 6.89. The molecule has 2 nitrogen and oxygen atoms in total. The molecule has 0 fully saturated rings. The Labute approximate surface area is 142 Å². The van der Waals surface area contributed by atoms with Gasteiger partial charge in [0.2, 0.25) is 0 Å². The van der Waals surface area contributed by atoms with Crippen LogP contribution in [0.2, 0.25) is 0 Å². The summed E-state index contributed by atoms with van der Waals surface area (Å²) < 4.78 is 0. The van der Waals surface area contributed by atoms with Crippen molar-refractivity contribution in [2.24, 2.45) is 0 Å². The van der Waals surface area contributed by atoms with Crippen LogP contribution in [0.3, 0.4) is 0 Å². The molecule has 0 aliphatic heterocycles. The number of carbonyl (C=O) groups is 1. The van der Waals surface area contributed by atoms with Crippen molar-refractivity contribution in [3.8, 4) is 0 Å². The van der Waals surface area contributed by atoms with E-state index in [2.05, 4.69) is 54.6 Å². The van der Waals surface area contributed by atoms with E-state index >= 15 is 0 Å². The van der Waals surface area contributed by atoms with Gasteiger partial charge in [-0.2, -0.15) is 0 Å². The fourth-order valence-electron chi connectivity index (χ4n) is 2.46. The molecule has 3 heteroatoms. The van der Waals surface area contributed by atoms with E-state index in [0.29, 0.717) is 6.42 Å². The Morgan fingerprint density at radius 1 is 1.00 bits per heavy atom. The first-order valence-corrected chi connectivity index (χ1v) is 9.06. The zero-order chi connectivity index (χ0) is 16.3. The first-order valence-electron chi connectivity index (χ1n) is 8.25. The average Bonchev–Trinajstić information content (AvgIpc) is 3.00. The van der Waals surface area contributed by atoms with Gasteiger partial charge in [-0.3, -0.25) is 4.79 Å². The number of carboxylic acid groups (broad SMARTS) is 1. The average molecular weight is 328 g/mol. The number of allylic oxidation sites excluding steroid dienone is 1. The highest BCUT2D eigenvalue weighted by Gasteiger charge is 1.99. The van der Waals surface area contributed by atoms with Crippen molar-refractivity contribution in [1.82, 2.24) is 0 Å². The Bertz CT molecular complexity index is 614. The highest BCUT2D eigenvalue weighted by atomic mass is 32.1. The largest absolute Gasteiger partial charge is 0.481 e. The minimum Gasteiger partial charge on any atom is -0.481 e. The molecule has 0 aliphatic carbocycles. The minimum atomic E-state index is -0.715. The lowest BCUT2D eigenvalue weighted by Crippen LogP contribution is -1.92. The molecule has 0 aliphatic rings. The van der Waals surface area contributed by atoms with Gasteiger partial charge < -0.3 is 5.11 Å². The Balaban J connectivity index is 1.64. The summed E-state index contributed by atoms with van der Waals surface area (Å²) >= 11 is 1.84. The van der Waals surface area contributed by atoms with Crippen LogP contribution in [0, 0.1) is 0 Å². The number of hydrogen-bond acceptors (Lipinski definition) is 2. The predicted octanol–water partition coefficient (Wildman–Crippen LogP) is 5.58. The lowest BCUT2D eigenvalue weighted by atomic mass is 10.1. The molecule has 1 aromatic heterocycles. The van der Waals surface area contributed by atoms with Gasteiger partial charge in [0.1, 0.15) is 0 Å². The third-order valence-electron chi connectivity index (χ3n) is 3.71. The second kappa shape index (κ2) is 10.0. The van der Waals surface area contributed by atoms with Crippen LogP contribution in [-0.2, 0) is 17.6 Å². The number of hydrogen-bond donors (Lipinski definition) is 1. The summed E-state index contributed by atoms with van der Waals surface area (Å²) in [5, 5.41) is 8.59. The molecule has 0 amide bonds. The van der Waals surface area contributed by atoms with Crippen molar-refractivity contribution < 1.29 is 9.90 Å². The summed E-state index contributed by atoms with van der Waals surface area (Å²) in [6.07, 6.45) is 10.7. The van der Waals surface area contributed by atoms with E-state index in [1.54, 1.807) is 0 Å². The first kappa shape index (κ1) is 17.5. The van der Waals surface area contributed by atoms with Gasteiger partial charge in [-0.05, 0) is 62.3 Å². The van der Waals surface area contributed by atoms with Gasteiger partial charge in [-0.15, -0.1) is 11.3 Å². The molecule has 0 bridgehead atoms. The molecule has 1 N–H and O–H groups in total. The van der Waals surface area contributed by atoms with Crippen LogP contribution in [0.4, 0.5) is 0 Å². The summed E-state index contributed by atoms with van der Waals surface area (Å²) in [7, 11) is 0. The lowest BCUT2D eigenvalue weighted by molar-refractivity contribution is -0.137. The SMILES string of the molecule is O=C(O)CCCC=Cc1ccc(CCCCc2ccccc2)s1. The van der Waals surface area contributed by atoms with Crippen LogP contribution in [0.15, 0.2) is 48.5 Å². The number of aryl methyl sites for hydroxylation is 2. The Kier molecular flexibility index (Phi) is 7.61. The fraction of sp³-hybridized carbons (Fsp3) is 0.350. The summed E-state index contributed by atoms with van der Waals surface area (Å²) in [6.45, 7) is 0. The quantitative estimate of drug-likeness (QED) is 0.578. The molecule has 2 rings (SSSR count). The number of unbranched alkanes of at least 4 members (excludes halogenated alkanes) is 2. The van der Waals surface area contributed by atoms with E-state index in [0.717, 1.165) is 19.3 Å². The second-order valence-electron chi connectivity index (χ2n) is 5.69. The molecule has 0 spiro atoms. The molecular formula is C20H24O2S. The van der Waals surface area contributed by atoms with Gasteiger partial charge in [0.25, 0.3) is 0 Å². The smallest absolute Gasteiger partial charge is 0.303 e. The molecule has 0 atom stereocenters. The van der Waals surface area contributed by atoms with E-state index in [-0.39, 0.29) is 6.42 Å². The fourth-order valence-corrected chi connectivity index (χ4v) is 3.45. The molecule has 0 saturated heterocycles. The van der Waals surface area contributed by atoms with Crippen molar-refractivity contribution in [2.75, 3.05) is 0 Å². The summed E-state index contributed by atoms with van der Waals surface area (Å²) in [5.74, 6) is -0.715. The Morgan fingerprint density at radius 3 is 2.57 bits per heavy atom. The molecular weight excluding hydrogens is 304 g/mol. The summed E-state index contributed by atoms with van der Waals surface area (Å²) in [4.78, 5) is 13.1. The standard InChI is InChI=1S/C20H24O2S/c21-20(22)14-6-2-5-12-18-15-16-19(23-18)13-8-7-11-17-9-3-1-4-10-17/h1,3-5,9-10,12,15-16H,2,6-8,11,13-14H2,(H,21,22). The number of aliphatic carboxylic acids is 1. The number of rotatable bonds is 10. The zero-order valence-electron chi connectivity index (χ0n) is 13.4. The zero-order valence-corrected chi connectivity index (χ0v) is 14.2. The highest BCUT2D eigenvalue weighted by molar-refractivity contribution is 7.12. The van der Waals surface area contributed by atoms with Crippen LogP contribution in [0.25, 0.3) is 6.08 Å². The molecule has 0 radical (unpaired) electrons. The van der Waals surface area contributed by atoms with Crippen molar-refractivity contribution in [2.45, 2.75) is 44.9 Å². The van der Waals surface area contributed by atoms with E-state index < -0.39 is 5.97 Å². The van der Waals surface area contributed by atoms with Crippen LogP contribution >= 0.6 is 11.3 Å². The summed E-state index contributed by atoms with van der Waals surface area (Å²) in [5.41, 5.74) is 1.42. The van der Waals surface area contributed by atoms with Crippen LogP contribution in [0.1, 0.15) is 47.4 Å². The van der Waals surface area contributed by atoms with Gasteiger partial charge in [-0.1, -0.05) is 36.4 Å². The molecule has 23 heavy (non-hydrogen) atoms. The maximum atomic E-state index is 10.4. The Hall–Kier alpha value is -1.87. The van der Waals surface area contributed by atoms with Gasteiger partial charge in [0, 0.05) is 16.2 Å². The van der Waals surface area contributed by atoms with Crippen molar-refractivity contribution in [3.63, 3.8) is 0 Å². The van der Waals surface area contributed by atoms with Gasteiger partial charge >= 0.3 is 5.97 Å². The minimum absolute atomic E-state index is 0.251. The third-order valence-corrected chi connectivity index (χ3v) is 4.82. The number of benzene rings is 1. The number of carboxylic acids is 1. The van der Waals surface area contributed by atoms with E-state index in [1.165, 1.54) is 28.2 Å². The monoisotopic (exact) mass is 328 g/mol. The number of thiophene rings is 1. The van der Waals surface area contributed by atoms with E-state index in [1.807, 2.05) is 11.3 Å². The van der Waals surface area contributed by atoms with Crippen molar-refractivity contribution >= 4 is 23.4 Å². The molecule has 1 heterocycles.